The summed E-state index contributed by atoms with van der Waals surface area (Å²) in [5.74, 6) is 0.722. The molecule has 142 valence electrons. The number of likely N-dealkylation sites (N-methyl/N-ethyl adjacent to an activating group) is 1. The van der Waals surface area contributed by atoms with Gasteiger partial charge < -0.3 is 9.64 Å². The molecule has 1 atom stereocenters. The van der Waals surface area contributed by atoms with E-state index in [4.69, 9.17) is 4.74 Å². The molecule has 7 heteroatoms. The highest BCUT2D eigenvalue weighted by Gasteiger charge is 2.32. The van der Waals surface area contributed by atoms with Crippen LogP contribution in [0.4, 0.5) is 0 Å². The molecular formula is C20H21BrN2O3S. The molecule has 1 aliphatic rings. The van der Waals surface area contributed by atoms with Gasteiger partial charge in [-0.1, -0.05) is 15.9 Å². The van der Waals surface area contributed by atoms with Gasteiger partial charge in [-0.3, -0.25) is 0 Å². The highest BCUT2D eigenvalue weighted by atomic mass is 79.9. The number of ether oxygens (including phenoxy) is 1. The molecule has 0 bridgehead atoms. The molecule has 3 aromatic rings. The first-order chi connectivity index (χ1) is 12.7. The summed E-state index contributed by atoms with van der Waals surface area (Å²) in [6, 6.07) is 9.41. The Morgan fingerprint density at radius 2 is 1.93 bits per heavy atom. The first-order valence-electron chi connectivity index (χ1n) is 8.68. The molecular weight excluding hydrogens is 428 g/mol. The van der Waals surface area contributed by atoms with E-state index in [0.29, 0.717) is 10.5 Å². The molecule has 1 aliphatic heterocycles. The maximum absolute atomic E-state index is 13.3. The average Bonchev–Trinajstić information content (AvgIpc) is 2.99. The summed E-state index contributed by atoms with van der Waals surface area (Å²) in [5, 5.41) is 0.923. The van der Waals surface area contributed by atoms with Crippen LogP contribution in [-0.2, 0) is 16.4 Å². The highest BCUT2D eigenvalue weighted by molar-refractivity contribution is 9.10. The standard InChI is InChI=1S/C20H21BrN2O3S/c1-12(22(2)3)7-13-11-23-20-16(13)9-15(26-4)10-18(20)17-8-14(21)5-6-19(17)27(23,24)25/h5-6,8-12H,7H2,1-4H3. The van der Waals surface area contributed by atoms with Crippen LogP contribution in [0.1, 0.15) is 12.5 Å². The zero-order valence-corrected chi connectivity index (χ0v) is 18.1. The summed E-state index contributed by atoms with van der Waals surface area (Å²) >= 11 is 3.47. The fraction of sp³-hybridized carbons (Fsp3) is 0.300. The maximum Gasteiger partial charge on any atom is 0.268 e. The fourth-order valence-electron chi connectivity index (χ4n) is 3.59. The van der Waals surface area contributed by atoms with E-state index in [1.165, 1.54) is 3.97 Å². The summed E-state index contributed by atoms with van der Waals surface area (Å²) < 4.78 is 34.4. The number of hydrogen-bond acceptors (Lipinski definition) is 4. The number of aromatic nitrogens is 1. The number of benzene rings is 2. The number of methoxy groups -OCH3 is 1. The zero-order valence-electron chi connectivity index (χ0n) is 15.7. The molecule has 0 aliphatic carbocycles. The molecule has 27 heavy (non-hydrogen) atoms. The second-order valence-electron chi connectivity index (χ2n) is 7.18. The number of hydrogen-bond donors (Lipinski definition) is 0. The second kappa shape index (κ2) is 6.36. The zero-order chi connectivity index (χ0) is 19.5. The predicted molar refractivity (Wildman–Crippen MR) is 111 cm³/mol. The van der Waals surface area contributed by atoms with Gasteiger partial charge in [-0.15, -0.1) is 0 Å². The number of nitrogens with zero attached hydrogens (tertiary/aromatic N) is 2. The summed E-state index contributed by atoms with van der Waals surface area (Å²) in [6.45, 7) is 2.13. The van der Waals surface area contributed by atoms with Crippen molar-refractivity contribution in [2.75, 3.05) is 21.2 Å². The molecule has 0 saturated carbocycles. The number of halogens is 1. The Morgan fingerprint density at radius 3 is 2.59 bits per heavy atom. The van der Waals surface area contributed by atoms with Gasteiger partial charge in [0.05, 0.1) is 17.5 Å². The van der Waals surface area contributed by atoms with Gasteiger partial charge in [0.25, 0.3) is 10.0 Å². The van der Waals surface area contributed by atoms with Crippen LogP contribution in [-0.4, -0.2) is 44.5 Å². The minimum atomic E-state index is -3.64. The molecule has 1 aromatic heterocycles. The molecule has 4 rings (SSSR count). The maximum atomic E-state index is 13.3. The van der Waals surface area contributed by atoms with E-state index in [1.807, 2.05) is 32.3 Å². The largest absolute Gasteiger partial charge is 0.497 e. The molecule has 0 amide bonds. The molecule has 0 saturated heterocycles. The van der Waals surface area contributed by atoms with Crippen LogP contribution in [0.3, 0.4) is 0 Å². The van der Waals surface area contributed by atoms with Gasteiger partial charge in [0, 0.05) is 33.2 Å². The summed E-state index contributed by atoms with van der Waals surface area (Å²) in [5.41, 5.74) is 3.30. The molecule has 0 N–H and O–H groups in total. The third-order valence-electron chi connectivity index (χ3n) is 5.32. The van der Waals surface area contributed by atoms with Crippen molar-refractivity contribution in [2.45, 2.75) is 24.3 Å². The van der Waals surface area contributed by atoms with Gasteiger partial charge in [-0.25, -0.2) is 12.4 Å². The quantitative estimate of drug-likeness (QED) is 0.471. The Labute approximate surface area is 167 Å². The highest BCUT2D eigenvalue weighted by Crippen LogP contribution is 2.44. The van der Waals surface area contributed by atoms with Crippen LogP contribution in [0.25, 0.3) is 22.0 Å². The average molecular weight is 449 g/mol. The Bertz CT molecular complexity index is 1170. The molecule has 2 heterocycles. The number of rotatable bonds is 4. The third kappa shape index (κ3) is 2.80. The van der Waals surface area contributed by atoms with Crippen molar-refractivity contribution < 1.29 is 13.2 Å². The monoisotopic (exact) mass is 448 g/mol. The van der Waals surface area contributed by atoms with Crippen molar-refractivity contribution in [1.29, 1.82) is 0 Å². The summed E-state index contributed by atoms with van der Waals surface area (Å²) in [6.07, 6.45) is 2.52. The molecule has 2 aromatic carbocycles. The Hall–Kier alpha value is -1.83. The normalized spacial score (nSPS) is 15.8. The van der Waals surface area contributed by atoms with Gasteiger partial charge in [0.1, 0.15) is 5.75 Å². The topological polar surface area (TPSA) is 51.5 Å². The lowest BCUT2D eigenvalue weighted by molar-refractivity contribution is 0.313. The van der Waals surface area contributed by atoms with Crippen molar-refractivity contribution in [3.63, 3.8) is 0 Å². The van der Waals surface area contributed by atoms with Gasteiger partial charge in [0.15, 0.2) is 0 Å². The van der Waals surface area contributed by atoms with Crippen LogP contribution < -0.4 is 4.74 Å². The van der Waals surface area contributed by atoms with Crippen LogP contribution in [0, 0.1) is 0 Å². The minimum absolute atomic E-state index is 0.277. The van der Waals surface area contributed by atoms with Crippen molar-refractivity contribution >= 4 is 36.9 Å². The van der Waals surface area contributed by atoms with Gasteiger partial charge in [-0.2, -0.15) is 0 Å². The van der Waals surface area contributed by atoms with Crippen LogP contribution in [0.2, 0.25) is 0 Å². The van der Waals surface area contributed by atoms with E-state index in [1.54, 1.807) is 25.4 Å². The van der Waals surface area contributed by atoms with Crippen LogP contribution >= 0.6 is 15.9 Å². The second-order valence-corrected chi connectivity index (χ2v) is 9.88. The van der Waals surface area contributed by atoms with Crippen LogP contribution in [0.15, 0.2) is 45.9 Å². The van der Waals surface area contributed by atoms with Gasteiger partial charge in [-0.05, 0) is 63.3 Å². The predicted octanol–water partition coefficient (Wildman–Crippen LogP) is 4.12. The van der Waals surface area contributed by atoms with Crippen molar-refractivity contribution in [3.05, 3.63) is 46.6 Å². The smallest absolute Gasteiger partial charge is 0.268 e. The lowest BCUT2D eigenvalue weighted by atomic mass is 9.99. The first kappa shape index (κ1) is 18.5. The molecule has 0 spiro atoms. The molecule has 1 unspecified atom stereocenters. The third-order valence-corrected chi connectivity index (χ3v) is 7.54. The number of fused-ring (bicyclic) bond motifs is 2. The Balaban J connectivity index is 2.09. The molecule has 0 radical (unpaired) electrons. The summed E-state index contributed by atoms with van der Waals surface area (Å²) in [7, 11) is 2.05. The molecule has 0 fully saturated rings. The van der Waals surface area contributed by atoms with Crippen LogP contribution in [0.5, 0.6) is 5.75 Å². The lowest BCUT2D eigenvalue weighted by Gasteiger charge is -2.21. The Morgan fingerprint density at radius 1 is 1.19 bits per heavy atom. The van der Waals surface area contributed by atoms with E-state index in [-0.39, 0.29) is 6.04 Å². The van der Waals surface area contributed by atoms with E-state index in [2.05, 4.69) is 27.8 Å². The first-order valence-corrected chi connectivity index (χ1v) is 10.9. The molecule has 5 nitrogen and oxygen atoms in total. The summed E-state index contributed by atoms with van der Waals surface area (Å²) in [4.78, 5) is 2.44. The van der Waals surface area contributed by atoms with Crippen molar-refractivity contribution in [3.8, 4) is 16.9 Å². The fourth-order valence-corrected chi connectivity index (χ4v) is 5.55. The SMILES string of the molecule is COc1cc2c3c(c1)c(CC(C)N(C)C)cn3S(=O)(=O)c1ccc(Br)cc1-2. The Kier molecular flexibility index (Phi) is 4.36. The minimum Gasteiger partial charge on any atom is -0.497 e. The van der Waals surface area contributed by atoms with E-state index in [0.717, 1.165) is 38.7 Å². The van der Waals surface area contributed by atoms with Gasteiger partial charge >= 0.3 is 0 Å². The van der Waals surface area contributed by atoms with E-state index < -0.39 is 10.0 Å². The van der Waals surface area contributed by atoms with E-state index >= 15 is 0 Å². The van der Waals surface area contributed by atoms with Crippen molar-refractivity contribution in [1.82, 2.24) is 8.87 Å². The van der Waals surface area contributed by atoms with E-state index in [9.17, 15) is 8.42 Å². The lowest BCUT2D eigenvalue weighted by Crippen LogP contribution is -2.26. The van der Waals surface area contributed by atoms with Gasteiger partial charge in [0.2, 0.25) is 0 Å². The van der Waals surface area contributed by atoms with Crippen molar-refractivity contribution in [2.24, 2.45) is 0 Å².